The van der Waals surface area contributed by atoms with Gasteiger partial charge in [-0.15, -0.1) is 0 Å². The van der Waals surface area contributed by atoms with Crippen molar-refractivity contribution in [2.24, 2.45) is 0 Å². The van der Waals surface area contributed by atoms with Gasteiger partial charge in [-0.25, -0.2) is 4.39 Å². The summed E-state index contributed by atoms with van der Waals surface area (Å²) in [6.07, 6.45) is -4.43. The van der Waals surface area contributed by atoms with Gasteiger partial charge in [0, 0.05) is 0 Å². The first kappa shape index (κ1) is 14.4. The number of carbonyl (C=O) groups excluding carboxylic acids is 1. The monoisotopic (exact) mass is 310 g/mol. The highest BCUT2D eigenvalue weighted by Gasteiger charge is 2.32. The lowest BCUT2D eigenvalue weighted by molar-refractivity contribution is -0.137. The van der Waals surface area contributed by atoms with Crippen molar-refractivity contribution in [3.05, 3.63) is 59.4 Å². The third-order valence-electron chi connectivity index (χ3n) is 3.37. The number of alkyl halides is 3. The summed E-state index contributed by atoms with van der Waals surface area (Å²) < 4.78 is 50.9. The summed E-state index contributed by atoms with van der Waals surface area (Å²) in [5, 5.41) is 5.42. The molecule has 1 aliphatic heterocycles. The molecule has 7 heteroatoms. The highest BCUT2D eigenvalue weighted by molar-refractivity contribution is 6.03. The predicted molar refractivity (Wildman–Crippen MR) is 72.8 cm³/mol. The molecule has 0 saturated heterocycles. The Balaban J connectivity index is 1.91. The quantitative estimate of drug-likeness (QED) is 0.783. The first-order valence-electron chi connectivity index (χ1n) is 6.39. The molecule has 0 aliphatic carbocycles. The SMILES string of the molecule is O=C1Nc2ccc(F)cc2N[C@H]1c1ccc(C(F)(F)F)cc1. The highest BCUT2D eigenvalue weighted by Crippen LogP contribution is 2.34. The van der Waals surface area contributed by atoms with Crippen LogP contribution in [0.4, 0.5) is 28.9 Å². The van der Waals surface area contributed by atoms with Gasteiger partial charge in [-0.2, -0.15) is 13.2 Å². The zero-order valence-corrected chi connectivity index (χ0v) is 11.0. The fourth-order valence-corrected chi connectivity index (χ4v) is 2.27. The molecule has 114 valence electrons. The second kappa shape index (κ2) is 5.01. The Morgan fingerprint density at radius 1 is 0.955 bits per heavy atom. The van der Waals surface area contributed by atoms with Gasteiger partial charge in [0.25, 0.3) is 5.91 Å². The van der Waals surface area contributed by atoms with E-state index in [-0.39, 0.29) is 0 Å². The number of amides is 1. The van der Waals surface area contributed by atoms with E-state index in [1.807, 2.05) is 0 Å². The average molecular weight is 310 g/mol. The molecule has 0 radical (unpaired) electrons. The minimum absolute atomic E-state index is 0.361. The second-order valence-electron chi connectivity index (χ2n) is 4.88. The topological polar surface area (TPSA) is 41.1 Å². The van der Waals surface area contributed by atoms with Crippen LogP contribution in [0.5, 0.6) is 0 Å². The molecule has 3 rings (SSSR count). The van der Waals surface area contributed by atoms with Gasteiger partial charge < -0.3 is 10.6 Å². The molecule has 3 nitrogen and oxygen atoms in total. The van der Waals surface area contributed by atoms with Crippen molar-refractivity contribution >= 4 is 17.3 Å². The van der Waals surface area contributed by atoms with E-state index < -0.39 is 29.5 Å². The smallest absolute Gasteiger partial charge is 0.368 e. The van der Waals surface area contributed by atoms with E-state index in [2.05, 4.69) is 10.6 Å². The molecular formula is C15H10F4N2O. The molecule has 1 heterocycles. The number of halogens is 4. The molecule has 1 atom stereocenters. The molecule has 0 aromatic heterocycles. The van der Waals surface area contributed by atoms with Gasteiger partial charge in [-0.1, -0.05) is 12.1 Å². The Kier molecular flexibility index (Phi) is 3.27. The molecule has 0 spiro atoms. The zero-order chi connectivity index (χ0) is 15.9. The van der Waals surface area contributed by atoms with Crippen LogP contribution in [0.25, 0.3) is 0 Å². The van der Waals surface area contributed by atoms with Crippen LogP contribution in [0.15, 0.2) is 42.5 Å². The molecule has 1 amide bonds. The number of fused-ring (bicyclic) bond motifs is 1. The Labute approximate surface area is 123 Å². The van der Waals surface area contributed by atoms with E-state index in [4.69, 9.17) is 0 Å². The van der Waals surface area contributed by atoms with Crippen LogP contribution in [-0.4, -0.2) is 5.91 Å². The molecule has 2 N–H and O–H groups in total. The van der Waals surface area contributed by atoms with Crippen molar-refractivity contribution in [1.29, 1.82) is 0 Å². The van der Waals surface area contributed by atoms with Gasteiger partial charge in [0.15, 0.2) is 0 Å². The Morgan fingerprint density at radius 3 is 2.27 bits per heavy atom. The predicted octanol–water partition coefficient (Wildman–Crippen LogP) is 3.95. The molecule has 2 aromatic rings. The van der Waals surface area contributed by atoms with E-state index in [1.165, 1.54) is 30.3 Å². The molecule has 22 heavy (non-hydrogen) atoms. The van der Waals surface area contributed by atoms with Gasteiger partial charge in [-0.3, -0.25) is 4.79 Å². The fourth-order valence-electron chi connectivity index (χ4n) is 2.27. The zero-order valence-electron chi connectivity index (χ0n) is 11.0. The maximum absolute atomic E-state index is 13.2. The van der Waals surface area contributed by atoms with E-state index >= 15 is 0 Å². The normalized spacial score (nSPS) is 17.5. The lowest BCUT2D eigenvalue weighted by Crippen LogP contribution is -2.32. The number of anilines is 2. The maximum atomic E-state index is 13.2. The molecule has 1 aliphatic rings. The van der Waals surface area contributed by atoms with Crippen LogP contribution in [0.2, 0.25) is 0 Å². The highest BCUT2D eigenvalue weighted by atomic mass is 19.4. The van der Waals surface area contributed by atoms with Crippen molar-refractivity contribution in [2.75, 3.05) is 10.6 Å². The van der Waals surface area contributed by atoms with Crippen LogP contribution >= 0.6 is 0 Å². The molecule has 0 fully saturated rings. The van der Waals surface area contributed by atoms with E-state index in [1.54, 1.807) is 0 Å². The lowest BCUT2D eigenvalue weighted by Gasteiger charge is -2.27. The summed E-state index contributed by atoms with van der Waals surface area (Å²) in [5.41, 5.74) is 0.374. The minimum atomic E-state index is -4.43. The van der Waals surface area contributed by atoms with Gasteiger partial charge in [-0.05, 0) is 35.9 Å². The number of carbonyl (C=O) groups is 1. The van der Waals surface area contributed by atoms with Crippen molar-refractivity contribution in [2.45, 2.75) is 12.2 Å². The number of hydrogen-bond acceptors (Lipinski definition) is 2. The number of hydrogen-bond donors (Lipinski definition) is 2. The van der Waals surface area contributed by atoms with Gasteiger partial charge in [0.05, 0.1) is 16.9 Å². The first-order chi connectivity index (χ1) is 10.3. The lowest BCUT2D eigenvalue weighted by atomic mass is 10.0. The molecule has 0 unspecified atom stereocenters. The summed E-state index contributed by atoms with van der Waals surface area (Å²) in [7, 11) is 0. The van der Waals surface area contributed by atoms with Crippen LogP contribution in [0, 0.1) is 5.82 Å². The third-order valence-corrected chi connectivity index (χ3v) is 3.37. The van der Waals surface area contributed by atoms with E-state index in [0.29, 0.717) is 16.9 Å². The summed E-state index contributed by atoms with van der Waals surface area (Å²) in [5.74, 6) is -0.896. The number of nitrogens with one attached hydrogen (secondary N) is 2. The fraction of sp³-hybridized carbons (Fsp3) is 0.133. The Bertz CT molecular complexity index is 725. The summed E-state index contributed by atoms with van der Waals surface area (Å²) >= 11 is 0. The van der Waals surface area contributed by atoms with Crippen molar-refractivity contribution in [3.63, 3.8) is 0 Å². The van der Waals surface area contributed by atoms with Crippen LogP contribution in [-0.2, 0) is 11.0 Å². The molecule has 0 saturated carbocycles. The van der Waals surface area contributed by atoms with Gasteiger partial charge in [0.1, 0.15) is 11.9 Å². The summed E-state index contributed by atoms with van der Waals surface area (Å²) in [4.78, 5) is 12.0. The van der Waals surface area contributed by atoms with Gasteiger partial charge >= 0.3 is 6.18 Å². The minimum Gasteiger partial charge on any atom is -0.368 e. The van der Waals surface area contributed by atoms with Crippen molar-refractivity contribution in [3.8, 4) is 0 Å². The largest absolute Gasteiger partial charge is 0.416 e. The van der Waals surface area contributed by atoms with Gasteiger partial charge in [0.2, 0.25) is 0 Å². The molecular weight excluding hydrogens is 300 g/mol. The summed E-state index contributed by atoms with van der Waals surface area (Å²) in [6.45, 7) is 0. The second-order valence-corrected chi connectivity index (χ2v) is 4.88. The first-order valence-corrected chi connectivity index (χ1v) is 6.39. The van der Waals surface area contributed by atoms with Crippen LogP contribution < -0.4 is 10.6 Å². The standard InChI is InChI=1S/C15H10F4N2O/c16-10-5-6-11-12(7-10)20-13(14(22)21-11)8-1-3-9(4-2-8)15(17,18)19/h1-7,13,20H,(H,21,22)/t13-/m0/s1. The van der Waals surface area contributed by atoms with Crippen molar-refractivity contribution in [1.82, 2.24) is 0 Å². The van der Waals surface area contributed by atoms with E-state index in [0.717, 1.165) is 12.1 Å². The Morgan fingerprint density at radius 2 is 1.64 bits per heavy atom. The molecule has 0 bridgehead atoms. The van der Waals surface area contributed by atoms with Crippen LogP contribution in [0.1, 0.15) is 17.2 Å². The maximum Gasteiger partial charge on any atom is 0.416 e. The Hall–Kier alpha value is -2.57. The third kappa shape index (κ3) is 2.61. The number of benzene rings is 2. The number of rotatable bonds is 1. The molecule has 2 aromatic carbocycles. The van der Waals surface area contributed by atoms with Crippen molar-refractivity contribution < 1.29 is 22.4 Å². The summed E-state index contributed by atoms with van der Waals surface area (Å²) in [6, 6.07) is 7.23. The van der Waals surface area contributed by atoms with Crippen LogP contribution in [0.3, 0.4) is 0 Å². The van der Waals surface area contributed by atoms with E-state index in [9.17, 15) is 22.4 Å². The average Bonchev–Trinajstić information content (AvgIpc) is 2.46.